The van der Waals surface area contributed by atoms with Gasteiger partial charge in [0.25, 0.3) is 0 Å². The van der Waals surface area contributed by atoms with Crippen LogP contribution in [0.2, 0.25) is 0 Å². The highest BCUT2D eigenvalue weighted by molar-refractivity contribution is 6.00. The van der Waals surface area contributed by atoms with Crippen molar-refractivity contribution >= 4 is 23.9 Å². The second-order valence-corrected chi connectivity index (χ2v) is 7.29. The minimum Gasteiger partial charge on any atom is -0.490 e. The molecule has 0 saturated heterocycles. The summed E-state index contributed by atoms with van der Waals surface area (Å²) in [6, 6.07) is 17.4. The lowest BCUT2D eigenvalue weighted by Crippen LogP contribution is -2.41. The lowest BCUT2D eigenvalue weighted by atomic mass is 9.75. The quantitative estimate of drug-likeness (QED) is 0.219. The zero-order chi connectivity index (χ0) is 25.7. The number of ether oxygens (including phenoxy) is 4. The van der Waals surface area contributed by atoms with Gasteiger partial charge in [-0.15, -0.1) is 0 Å². The summed E-state index contributed by atoms with van der Waals surface area (Å²) < 4.78 is 20.7. The van der Waals surface area contributed by atoms with Gasteiger partial charge in [0.15, 0.2) is 0 Å². The van der Waals surface area contributed by atoms with Crippen molar-refractivity contribution in [3.05, 3.63) is 72.8 Å². The molecule has 2 aromatic carbocycles. The highest BCUT2D eigenvalue weighted by Gasteiger charge is 2.49. The lowest BCUT2D eigenvalue weighted by molar-refractivity contribution is -0.163. The Morgan fingerprint density at radius 3 is 1.43 bits per heavy atom. The molecule has 0 saturated carbocycles. The van der Waals surface area contributed by atoms with Gasteiger partial charge in [-0.2, -0.15) is 0 Å². The average Bonchev–Trinajstić information content (AvgIpc) is 2.84. The Morgan fingerprint density at radius 2 is 1.09 bits per heavy atom. The number of rotatable bonds is 15. The van der Waals surface area contributed by atoms with Crippen molar-refractivity contribution in [2.24, 2.45) is 5.41 Å². The van der Waals surface area contributed by atoms with Crippen molar-refractivity contribution in [3.63, 3.8) is 0 Å². The van der Waals surface area contributed by atoms with Gasteiger partial charge in [0.1, 0.15) is 43.3 Å². The highest BCUT2D eigenvalue weighted by Crippen LogP contribution is 2.36. The molecule has 2 aromatic rings. The SMILES string of the molecule is C=C(C(=O)O)C(CC(=O)OCCOc1ccccc1)(CC(=O)OCCOc1ccccc1)C(=O)O. The van der Waals surface area contributed by atoms with Crippen LogP contribution in [-0.4, -0.2) is 60.5 Å². The van der Waals surface area contributed by atoms with Crippen LogP contribution < -0.4 is 9.47 Å². The standard InChI is InChI=1S/C25H26O10/c1-18(23(28)29)25(24(30)31,16-21(26)34-14-12-32-19-8-4-2-5-9-19)17-22(27)35-15-13-33-20-10-6-3-7-11-20/h2-11H,1,12-17H2,(H,28,29)(H,30,31). The summed E-state index contributed by atoms with van der Waals surface area (Å²) in [4.78, 5) is 48.3. The summed E-state index contributed by atoms with van der Waals surface area (Å²) >= 11 is 0. The van der Waals surface area contributed by atoms with Gasteiger partial charge in [0.2, 0.25) is 0 Å². The zero-order valence-electron chi connectivity index (χ0n) is 18.9. The smallest absolute Gasteiger partial charge is 0.332 e. The number of carboxylic acids is 2. The van der Waals surface area contributed by atoms with Gasteiger partial charge in [0, 0.05) is 5.57 Å². The highest BCUT2D eigenvalue weighted by atomic mass is 16.6. The van der Waals surface area contributed by atoms with E-state index in [1.807, 2.05) is 0 Å². The molecule has 0 unspecified atom stereocenters. The van der Waals surface area contributed by atoms with E-state index in [9.17, 15) is 29.4 Å². The van der Waals surface area contributed by atoms with Crippen LogP contribution in [0.1, 0.15) is 12.8 Å². The Hall–Kier alpha value is -4.34. The van der Waals surface area contributed by atoms with E-state index in [0.29, 0.717) is 11.5 Å². The molecule has 0 amide bonds. The first-order chi connectivity index (χ1) is 16.7. The first kappa shape index (κ1) is 26.9. The van der Waals surface area contributed by atoms with Crippen molar-refractivity contribution in [1.82, 2.24) is 0 Å². The molecule has 10 nitrogen and oxygen atoms in total. The van der Waals surface area contributed by atoms with Crippen molar-refractivity contribution in [2.75, 3.05) is 26.4 Å². The van der Waals surface area contributed by atoms with Gasteiger partial charge in [-0.05, 0) is 24.3 Å². The van der Waals surface area contributed by atoms with E-state index in [4.69, 9.17) is 18.9 Å². The van der Waals surface area contributed by atoms with E-state index in [0.717, 1.165) is 0 Å². The molecule has 0 spiro atoms. The fourth-order valence-electron chi connectivity index (χ4n) is 3.02. The zero-order valence-corrected chi connectivity index (χ0v) is 18.9. The first-order valence-electron chi connectivity index (χ1n) is 10.6. The Balaban J connectivity index is 1.94. The number of para-hydroxylation sites is 2. The molecule has 0 aliphatic carbocycles. The molecule has 0 atom stereocenters. The molecule has 0 aromatic heterocycles. The van der Waals surface area contributed by atoms with Crippen LogP contribution in [0.25, 0.3) is 0 Å². The van der Waals surface area contributed by atoms with E-state index in [-0.39, 0.29) is 26.4 Å². The van der Waals surface area contributed by atoms with Gasteiger partial charge >= 0.3 is 23.9 Å². The number of hydrogen-bond acceptors (Lipinski definition) is 8. The van der Waals surface area contributed by atoms with Gasteiger partial charge in [-0.25, -0.2) is 4.79 Å². The maximum Gasteiger partial charge on any atom is 0.332 e. The van der Waals surface area contributed by atoms with Crippen LogP contribution in [0.5, 0.6) is 11.5 Å². The van der Waals surface area contributed by atoms with Gasteiger partial charge < -0.3 is 29.2 Å². The number of carbonyl (C=O) groups is 4. The lowest BCUT2D eigenvalue weighted by Gasteiger charge is -2.27. The predicted molar refractivity (Wildman–Crippen MR) is 122 cm³/mol. The molecule has 10 heteroatoms. The van der Waals surface area contributed by atoms with Crippen molar-refractivity contribution < 1.29 is 48.3 Å². The fourth-order valence-corrected chi connectivity index (χ4v) is 3.02. The molecule has 35 heavy (non-hydrogen) atoms. The van der Waals surface area contributed by atoms with Crippen LogP contribution in [-0.2, 0) is 28.7 Å². The van der Waals surface area contributed by atoms with Crippen molar-refractivity contribution in [1.29, 1.82) is 0 Å². The molecule has 0 aliphatic heterocycles. The monoisotopic (exact) mass is 486 g/mol. The summed E-state index contributed by atoms with van der Waals surface area (Å²) in [5.41, 5.74) is -3.31. The number of aliphatic carboxylic acids is 2. The molecule has 0 fully saturated rings. The molecule has 0 bridgehead atoms. The molecule has 2 N–H and O–H groups in total. The summed E-state index contributed by atoms with van der Waals surface area (Å²) in [7, 11) is 0. The van der Waals surface area contributed by atoms with Gasteiger partial charge in [-0.3, -0.25) is 14.4 Å². The Kier molecular flexibility index (Phi) is 10.3. The van der Waals surface area contributed by atoms with Crippen LogP contribution in [0.3, 0.4) is 0 Å². The van der Waals surface area contributed by atoms with Crippen LogP contribution in [0.4, 0.5) is 0 Å². The topological polar surface area (TPSA) is 146 Å². The third-order valence-electron chi connectivity index (χ3n) is 4.85. The second-order valence-electron chi connectivity index (χ2n) is 7.29. The van der Waals surface area contributed by atoms with Crippen LogP contribution in [0.15, 0.2) is 72.8 Å². The summed E-state index contributed by atoms with van der Waals surface area (Å²) in [5, 5.41) is 19.2. The normalized spacial score (nSPS) is 10.6. The number of esters is 2. The number of hydrogen-bond donors (Lipinski definition) is 2. The summed E-state index contributed by atoms with van der Waals surface area (Å²) in [5.74, 6) is -4.38. The number of carbonyl (C=O) groups excluding carboxylic acids is 2. The minimum absolute atomic E-state index is 0.0147. The molecule has 2 rings (SSSR count). The third kappa shape index (κ3) is 8.50. The molecule has 186 valence electrons. The van der Waals surface area contributed by atoms with E-state index < -0.39 is 47.7 Å². The van der Waals surface area contributed by atoms with E-state index in [2.05, 4.69) is 6.58 Å². The van der Waals surface area contributed by atoms with Crippen LogP contribution in [0, 0.1) is 5.41 Å². The molecular weight excluding hydrogens is 460 g/mol. The van der Waals surface area contributed by atoms with Gasteiger partial charge in [-0.1, -0.05) is 43.0 Å². The molecular formula is C25H26O10. The maximum atomic E-state index is 12.4. The maximum absolute atomic E-state index is 12.4. The third-order valence-corrected chi connectivity index (χ3v) is 4.85. The van der Waals surface area contributed by atoms with E-state index in [1.54, 1.807) is 60.7 Å². The Morgan fingerprint density at radius 1 is 0.686 bits per heavy atom. The summed E-state index contributed by atoms with van der Waals surface area (Å²) in [6.07, 6.45) is -1.87. The molecule has 0 aliphatic rings. The number of carboxylic acid groups (broad SMARTS) is 2. The molecule has 0 heterocycles. The summed E-state index contributed by atoms with van der Waals surface area (Å²) in [6.45, 7) is 2.82. The Bertz CT molecular complexity index is 956. The van der Waals surface area contributed by atoms with E-state index in [1.165, 1.54) is 0 Å². The van der Waals surface area contributed by atoms with Gasteiger partial charge in [0.05, 0.1) is 12.8 Å². The number of benzene rings is 2. The van der Waals surface area contributed by atoms with Crippen molar-refractivity contribution in [2.45, 2.75) is 12.8 Å². The molecule has 0 radical (unpaired) electrons. The Labute approximate surface area is 201 Å². The second kappa shape index (κ2) is 13.4. The predicted octanol–water partition coefficient (Wildman–Crippen LogP) is 2.72. The minimum atomic E-state index is -2.46. The van der Waals surface area contributed by atoms with Crippen molar-refractivity contribution in [3.8, 4) is 11.5 Å². The average molecular weight is 486 g/mol. The largest absolute Gasteiger partial charge is 0.490 e. The van der Waals surface area contributed by atoms with E-state index >= 15 is 0 Å². The fraction of sp³-hybridized carbons (Fsp3) is 0.280. The first-order valence-corrected chi connectivity index (χ1v) is 10.6. The van der Waals surface area contributed by atoms with Crippen LogP contribution >= 0.6 is 0 Å².